The predicted molar refractivity (Wildman–Crippen MR) is 143 cm³/mol. The maximum Gasteiger partial charge on any atom is 0.145 e. The van der Waals surface area contributed by atoms with Crippen molar-refractivity contribution >= 4 is 16.3 Å². The SMILES string of the molecule is Cc1ccc2cc(-n3c(-c4ccccc4)nc(C4=CC=CCC4)c3-c3ccccc3)ccc2c1. The van der Waals surface area contributed by atoms with E-state index in [1.165, 1.54) is 27.5 Å². The zero-order valence-electron chi connectivity index (χ0n) is 19.3. The highest BCUT2D eigenvalue weighted by atomic mass is 15.1. The molecule has 0 N–H and O–H groups in total. The molecule has 6 rings (SSSR count). The van der Waals surface area contributed by atoms with Crippen LogP contribution >= 0.6 is 0 Å². The summed E-state index contributed by atoms with van der Waals surface area (Å²) in [5.74, 6) is 0.969. The summed E-state index contributed by atoms with van der Waals surface area (Å²) in [6.45, 7) is 2.14. The van der Waals surface area contributed by atoms with Crippen molar-refractivity contribution in [2.45, 2.75) is 19.8 Å². The number of fused-ring (bicyclic) bond motifs is 1. The van der Waals surface area contributed by atoms with Crippen molar-refractivity contribution in [1.82, 2.24) is 9.55 Å². The van der Waals surface area contributed by atoms with Crippen molar-refractivity contribution in [1.29, 1.82) is 0 Å². The van der Waals surface area contributed by atoms with Crippen LogP contribution in [-0.4, -0.2) is 9.55 Å². The van der Waals surface area contributed by atoms with Crippen LogP contribution in [0.2, 0.25) is 0 Å². The number of aromatic nitrogens is 2. The molecule has 0 saturated heterocycles. The molecule has 34 heavy (non-hydrogen) atoms. The average molecular weight is 439 g/mol. The van der Waals surface area contributed by atoms with E-state index in [-0.39, 0.29) is 0 Å². The van der Waals surface area contributed by atoms with E-state index in [1.807, 2.05) is 0 Å². The molecule has 0 saturated carbocycles. The van der Waals surface area contributed by atoms with E-state index in [0.29, 0.717) is 0 Å². The first-order valence-electron chi connectivity index (χ1n) is 11.9. The lowest BCUT2D eigenvalue weighted by molar-refractivity contribution is 1.04. The van der Waals surface area contributed by atoms with Gasteiger partial charge in [0.25, 0.3) is 0 Å². The molecule has 1 heterocycles. The zero-order valence-corrected chi connectivity index (χ0v) is 19.3. The van der Waals surface area contributed by atoms with Gasteiger partial charge in [-0.2, -0.15) is 0 Å². The molecule has 2 heteroatoms. The Labute approximate surface area is 200 Å². The summed E-state index contributed by atoms with van der Waals surface area (Å²) in [5, 5.41) is 2.49. The Hall–Kier alpha value is -4.17. The molecular weight excluding hydrogens is 412 g/mol. The van der Waals surface area contributed by atoms with E-state index in [1.54, 1.807) is 0 Å². The summed E-state index contributed by atoms with van der Waals surface area (Å²) >= 11 is 0. The summed E-state index contributed by atoms with van der Waals surface area (Å²) in [6.07, 6.45) is 8.65. The van der Waals surface area contributed by atoms with Crippen LogP contribution in [0.15, 0.2) is 115 Å². The second-order valence-electron chi connectivity index (χ2n) is 8.89. The topological polar surface area (TPSA) is 17.8 Å². The van der Waals surface area contributed by atoms with Gasteiger partial charge < -0.3 is 0 Å². The Morgan fingerprint density at radius 1 is 0.735 bits per heavy atom. The summed E-state index contributed by atoms with van der Waals surface area (Å²) < 4.78 is 2.35. The minimum atomic E-state index is 0.969. The zero-order chi connectivity index (χ0) is 22.9. The molecular formula is C32H26N2. The lowest BCUT2D eigenvalue weighted by atomic mass is 9.98. The van der Waals surface area contributed by atoms with Gasteiger partial charge in [-0.05, 0) is 48.2 Å². The number of rotatable bonds is 4. The van der Waals surface area contributed by atoms with Crippen LogP contribution in [0.5, 0.6) is 0 Å². The molecule has 0 aliphatic heterocycles. The van der Waals surface area contributed by atoms with Crippen molar-refractivity contribution in [3.05, 3.63) is 127 Å². The number of aryl methyl sites for hydroxylation is 1. The standard InChI is InChI=1S/C32H26N2/c1-23-17-18-28-22-29(20-19-27(28)21-23)34-31(25-13-7-3-8-14-25)30(24-11-5-2-6-12-24)33-32(34)26-15-9-4-10-16-26/h2-5,7-11,13-22H,6,12H2,1H3. The number of benzene rings is 4. The molecule has 4 aromatic carbocycles. The lowest BCUT2D eigenvalue weighted by Crippen LogP contribution is -2.01. The molecule has 0 unspecified atom stereocenters. The van der Waals surface area contributed by atoms with Crippen molar-refractivity contribution in [2.24, 2.45) is 0 Å². The minimum Gasteiger partial charge on any atom is -0.292 e. The van der Waals surface area contributed by atoms with Crippen LogP contribution in [0.4, 0.5) is 0 Å². The maximum atomic E-state index is 5.31. The highest BCUT2D eigenvalue weighted by Gasteiger charge is 2.23. The van der Waals surface area contributed by atoms with Crippen LogP contribution in [0.1, 0.15) is 24.1 Å². The van der Waals surface area contributed by atoms with Gasteiger partial charge >= 0.3 is 0 Å². The minimum absolute atomic E-state index is 0.969. The van der Waals surface area contributed by atoms with Crippen LogP contribution in [0.3, 0.4) is 0 Å². The fourth-order valence-electron chi connectivity index (χ4n) is 4.83. The maximum absolute atomic E-state index is 5.31. The van der Waals surface area contributed by atoms with Crippen molar-refractivity contribution < 1.29 is 0 Å². The molecule has 0 atom stereocenters. The first-order chi connectivity index (χ1) is 16.8. The first kappa shape index (κ1) is 20.4. The molecule has 0 fully saturated rings. The fraction of sp³-hybridized carbons (Fsp3) is 0.0938. The van der Waals surface area contributed by atoms with Gasteiger partial charge in [0.1, 0.15) is 5.82 Å². The summed E-state index contributed by atoms with van der Waals surface area (Å²) in [4.78, 5) is 5.31. The van der Waals surface area contributed by atoms with Crippen molar-refractivity contribution in [2.75, 3.05) is 0 Å². The molecule has 164 valence electrons. The van der Waals surface area contributed by atoms with E-state index in [0.717, 1.165) is 41.3 Å². The van der Waals surface area contributed by atoms with E-state index in [2.05, 4.69) is 127 Å². The Kier molecular flexibility index (Phi) is 5.20. The van der Waals surface area contributed by atoms with Crippen molar-refractivity contribution in [3.63, 3.8) is 0 Å². The smallest absolute Gasteiger partial charge is 0.145 e. The Morgan fingerprint density at radius 2 is 1.44 bits per heavy atom. The molecule has 5 aromatic rings. The van der Waals surface area contributed by atoms with Gasteiger partial charge in [-0.25, -0.2) is 4.98 Å². The fourth-order valence-corrected chi connectivity index (χ4v) is 4.83. The molecule has 0 radical (unpaired) electrons. The third-order valence-electron chi connectivity index (χ3n) is 6.51. The summed E-state index contributed by atoms with van der Waals surface area (Å²) in [7, 11) is 0. The number of hydrogen-bond donors (Lipinski definition) is 0. The molecule has 1 aromatic heterocycles. The largest absolute Gasteiger partial charge is 0.292 e. The van der Waals surface area contributed by atoms with Crippen molar-refractivity contribution in [3.8, 4) is 28.3 Å². The highest BCUT2D eigenvalue weighted by Crippen LogP contribution is 2.39. The quantitative estimate of drug-likeness (QED) is 0.275. The Morgan fingerprint density at radius 3 is 2.18 bits per heavy atom. The summed E-state index contributed by atoms with van der Waals surface area (Å²) in [5.41, 5.74) is 8.19. The van der Waals surface area contributed by atoms with E-state index in [9.17, 15) is 0 Å². The number of allylic oxidation sites excluding steroid dienone is 4. The monoisotopic (exact) mass is 438 g/mol. The molecule has 0 amide bonds. The lowest BCUT2D eigenvalue weighted by Gasteiger charge is -2.15. The molecule has 0 bridgehead atoms. The van der Waals surface area contributed by atoms with Crippen LogP contribution in [0, 0.1) is 6.92 Å². The summed E-state index contributed by atoms with van der Waals surface area (Å²) in [6, 6.07) is 34.6. The number of nitrogens with zero attached hydrogens (tertiary/aromatic N) is 2. The van der Waals surface area contributed by atoms with Gasteiger partial charge in [0.15, 0.2) is 0 Å². The van der Waals surface area contributed by atoms with Gasteiger partial charge in [-0.3, -0.25) is 4.57 Å². The first-order valence-corrected chi connectivity index (χ1v) is 11.9. The van der Waals surface area contributed by atoms with Gasteiger partial charge in [-0.1, -0.05) is 109 Å². The second kappa shape index (κ2) is 8.64. The van der Waals surface area contributed by atoms with Gasteiger partial charge in [0, 0.05) is 16.8 Å². The van der Waals surface area contributed by atoms with Crippen LogP contribution in [-0.2, 0) is 0 Å². The Balaban J connectivity index is 1.69. The molecule has 1 aliphatic carbocycles. The van der Waals surface area contributed by atoms with Gasteiger partial charge in [0.05, 0.1) is 11.4 Å². The van der Waals surface area contributed by atoms with E-state index >= 15 is 0 Å². The predicted octanol–water partition coefficient (Wildman–Crippen LogP) is 8.40. The second-order valence-corrected chi connectivity index (χ2v) is 8.89. The van der Waals surface area contributed by atoms with Gasteiger partial charge in [0.2, 0.25) is 0 Å². The Bertz CT molecular complexity index is 1540. The third-order valence-corrected chi connectivity index (χ3v) is 6.51. The highest BCUT2D eigenvalue weighted by molar-refractivity contribution is 5.88. The van der Waals surface area contributed by atoms with E-state index < -0.39 is 0 Å². The molecule has 1 aliphatic rings. The average Bonchev–Trinajstić information content (AvgIpc) is 3.31. The number of hydrogen-bond acceptors (Lipinski definition) is 1. The number of imidazole rings is 1. The molecule has 0 spiro atoms. The normalized spacial score (nSPS) is 13.3. The van der Waals surface area contributed by atoms with Crippen LogP contribution in [0.25, 0.3) is 44.7 Å². The van der Waals surface area contributed by atoms with E-state index in [4.69, 9.17) is 4.98 Å². The van der Waals surface area contributed by atoms with Crippen LogP contribution < -0.4 is 0 Å². The third kappa shape index (κ3) is 3.68. The van der Waals surface area contributed by atoms with Gasteiger partial charge in [-0.15, -0.1) is 0 Å². The molecule has 2 nitrogen and oxygen atoms in total.